The van der Waals surface area contributed by atoms with Crippen molar-refractivity contribution in [1.29, 1.82) is 0 Å². The minimum atomic E-state index is 0.286. The van der Waals surface area contributed by atoms with Crippen molar-refractivity contribution < 1.29 is 4.74 Å². The molecule has 0 radical (unpaired) electrons. The van der Waals surface area contributed by atoms with E-state index in [0.717, 1.165) is 18.1 Å². The fraction of sp³-hybridized carbons (Fsp3) is 0.625. The van der Waals surface area contributed by atoms with Gasteiger partial charge in [-0.1, -0.05) is 38.0 Å². The van der Waals surface area contributed by atoms with Crippen LogP contribution in [-0.2, 0) is 0 Å². The maximum Gasteiger partial charge on any atom is 0.122 e. The molecule has 0 spiro atoms. The standard InChI is InChI=1S/C16H25NO/c1-3-6-12-9-10-15(17)14(11-12)13-7-4-5-8-16(13)18-2/h4-5,7-8,12,14-15H,3,6,9-11,17H2,1-2H3. The highest BCUT2D eigenvalue weighted by molar-refractivity contribution is 5.37. The normalized spacial score (nSPS) is 28.1. The third-order valence-corrected chi connectivity index (χ3v) is 4.25. The van der Waals surface area contributed by atoms with Crippen LogP contribution in [0.4, 0.5) is 0 Å². The van der Waals surface area contributed by atoms with Gasteiger partial charge in [-0.2, -0.15) is 0 Å². The van der Waals surface area contributed by atoms with Gasteiger partial charge in [0, 0.05) is 12.0 Å². The summed E-state index contributed by atoms with van der Waals surface area (Å²) >= 11 is 0. The third-order valence-electron chi connectivity index (χ3n) is 4.25. The highest BCUT2D eigenvalue weighted by Crippen LogP contribution is 2.40. The first-order valence-corrected chi connectivity index (χ1v) is 7.14. The molecule has 3 atom stereocenters. The van der Waals surface area contributed by atoms with Gasteiger partial charge in [-0.25, -0.2) is 0 Å². The molecule has 2 N–H and O–H groups in total. The van der Waals surface area contributed by atoms with Crippen LogP contribution in [0.3, 0.4) is 0 Å². The largest absolute Gasteiger partial charge is 0.496 e. The monoisotopic (exact) mass is 247 g/mol. The predicted octanol–water partition coefficient (Wildman–Crippen LogP) is 3.71. The molecule has 0 aromatic heterocycles. The highest BCUT2D eigenvalue weighted by atomic mass is 16.5. The summed E-state index contributed by atoms with van der Waals surface area (Å²) in [4.78, 5) is 0. The van der Waals surface area contributed by atoms with Crippen molar-refractivity contribution in [2.24, 2.45) is 11.7 Å². The molecule has 100 valence electrons. The molecule has 0 amide bonds. The van der Waals surface area contributed by atoms with E-state index in [0.29, 0.717) is 5.92 Å². The Hall–Kier alpha value is -1.02. The molecule has 2 nitrogen and oxygen atoms in total. The molecule has 2 rings (SSSR count). The first-order chi connectivity index (χ1) is 8.76. The van der Waals surface area contributed by atoms with Crippen LogP contribution >= 0.6 is 0 Å². The molecule has 1 saturated carbocycles. The molecule has 1 aliphatic carbocycles. The summed E-state index contributed by atoms with van der Waals surface area (Å²) in [6.07, 6.45) is 6.26. The molecule has 1 aliphatic rings. The van der Waals surface area contributed by atoms with Crippen LogP contribution in [0.2, 0.25) is 0 Å². The van der Waals surface area contributed by atoms with Crippen LogP contribution in [0.25, 0.3) is 0 Å². The van der Waals surface area contributed by atoms with Crippen LogP contribution in [0.5, 0.6) is 5.75 Å². The number of benzene rings is 1. The molecule has 18 heavy (non-hydrogen) atoms. The van der Waals surface area contributed by atoms with Crippen molar-refractivity contribution in [3.05, 3.63) is 29.8 Å². The van der Waals surface area contributed by atoms with E-state index in [4.69, 9.17) is 10.5 Å². The van der Waals surface area contributed by atoms with Gasteiger partial charge in [0.2, 0.25) is 0 Å². The summed E-state index contributed by atoms with van der Waals surface area (Å²) in [5.41, 5.74) is 7.64. The summed E-state index contributed by atoms with van der Waals surface area (Å²) in [5, 5.41) is 0. The average Bonchev–Trinajstić information content (AvgIpc) is 2.41. The van der Waals surface area contributed by atoms with Gasteiger partial charge >= 0.3 is 0 Å². The second-order valence-electron chi connectivity index (χ2n) is 5.48. The zero-order valence-corrected chi connectivity index (χ0v) is 11.6. The second-order valence-corrected chi connectivity index (χ2v) is 5.48. The summed E-state index contributed by atoms with van der Waals surface area (Å²) in [7, 11) is 1.75. The third kappa shape index (κ3) is 2.86. The van der Waals surface area contributed by atoms with Gasteiger partial charge in [-0.3, -0.25) is 0 Å². The Balaban J connectivity index is 2.18. The SMILES string of the molecule is CCCC1CCC(N)C(c2ccccc2OC)C1. The topological polar surface area (TPSA) is 35.2 Å². The summed E-state index contributed by atoms with van der Waals surface area (Å²) < 4.78 is 5.49. The summed E-state index contributed by atoms with van der Waals surface area (Å²) in [6, 6.07) is 8.63. The number of para-hydroxylation sites is 1. The Morgan fingerprint density at radius 1 is 1.28 bits per heavy atom. The maximum atomic E-state index is 6.34. The van der Waals surface area contributed by atoms with Gasteiger partial charge in [0.05, 0.1) is 7.11 Å². The molecule has 0 aliphatic heterocycles. The van der Waals surface area contributed by atoms with Crippen molar-refractivity contribution >= 4 is 0 Å². The molecular formula is C16H25NO. The van der Waals surface area contributed by atoms with Crippen molar-refractivity contribution in [2.75, 3.05) is 7.11 Å². The number of hydrogen-bond donors (Lipinski definition) is 1. The van der Waals surface area contributed by atoms with Gasteiger partial charge in [0.1, 0.15) is 5.75 Å². The van der Waals surface area contributed by atoms with Crippen molar-refractivity contribution in [1.82, 2.24) is 0 Å². The zero-order chi connectivity index (χ0) is 13.0. The van der Waals surface area contributed by atoms with Gasteiger partial charge in [-0.05, 0) is 36.8 Å². The van der Waals surface area contributed by atoms with E-state index < -0.39 is 0 Å². The van der Waals surface area contributed by atoms with Gasteiger partial charge in [-0.15, -0.1) is 0 Å². The molecule has 1 fully saturated rings. The molecule has 2 heteroatoms. The lowest BCUT2D eigenvalue weighted by Gasteiger charge is -2.35. The Morgan fingerprint density at radius 3 is 2.78 bits per heavy atom. The minimum Gasteiger partial charge on any atom is -0.496 e. The first-order valence-electron chi connectivity index (χ1n) is 7.14. The van der Waals surface area contributed by atoms with Crippen molar-refractivity contribution in [3.63, 3.8) is 0 Å². The van der Waals surface area contributed by atoms with Crippen molar-refractivity contribution in [3.8, 4) is 5.75 Å². The molecular weight excluding hydrogens is 222 g/mol. The minimum absolute atomic E-state index is 0.286. The Kier molecular flexibility index (Phi) is 4.65. The summed E-state index contributed by atoms with van der Waals surface area (Å²) in [6.45, 7) is 2.27. The fourth-order valence-electron chi connectivity index (χ4n) is 3.28. The van der Waals surface area contributed by atoms with Crippen molar-refractivity contribution in [2.45, 2.75) is 51.0 Å². The van der Waals surface area contributed by atoms with E-state index in [2.05, 4.69) is 19.1 Å². The number of nitrogens with two attached hydrogens (primary N) is 1. The maximum absolute atomic E-state index is 6.34. The van der Waals surface area contributed by atoms with Crippen LogP contribution in [-0.4, -0.2) is 13.2 Å². The number of rotatable bonds is 4. The summed E-state index contributed by atoms with van der Waals surface area (Å²) in [5.74, 6) is 2.30. The Morgan fingerprint density at radius 2 is 2.06 bits per heavy atom. The van der Waals surface area contributed by atoms with E-state index in [1.54, 1.807) is 7.11 Å². The van der Waals surface area contributed by atoms with Crippen LogP contribution in [0, 0.1) is 5.92 Å². The lowest BCUT2D eigenvalue weighted by molar-refractivity contribution is 0.269. The van der Waals surface area contributed by atoms with E-state index in [-0.39, 0.29) is 6.04 Å². The van der Waals surface area contributed by atoms with E-state index >= 15 is 0 Å². The first kappa shape index (κ1) is 13.4. The Bertz CT molecular complexity index is 377. The zero-order valence-electron chi connectivity index (χ0n) is 11.6. The molecule has 1 aromatic carbocycles. The molecule has 0 saturated heterocycles. The Labute approximate surface area is 111 Å². The average molecular weight is 247 g/mol. The second kappa shape index (κ2) is 6.24. The fourth-order valence-corrected chi connectivity index (χ4v) is 3.28. The van der Waals surface area contributed by atoms with Crippen LogP contribution in [0.1, 0.15) is 50.5 Å². The van der Waals surface area contributed by atoms with Crippen LogP contribution in [0.15, 0.2) is 24.3 Å². The van der Waals surface area contributed by atoms with E-state index in [1.165, 1.54) is 31.2 Å². The number of ether oxygens (including phenoxy) is 1. The lowest BCUT2D eigenvalue weighted by Crippen LogP contribution is -2.34. The van der Waals surface area contributed by atoms with E-state index in [1.807, 2.05) is 12.1 Å². The quantitative estimate of drug-likeness (QED) is 0.880. The smallest absolute Gasteiger partial charge is 0.122 e. The molecule has 0 heterocycles. The predicted molar refractivity (Wildman–Crippen MR) is 76.0 cm³/mol. The molecule has 1 aromatic rings. The molecule has 3 unspecified atom stereocenters. The van der Waals surface area contributed by atoms with E-state index in [9.17, 15) is 0 Å². The molecule has 0 bridgehead atoms. The number of hydrogen-bond acceptors (Lipinski definition) is 2. The highest BCUT2D eigenvalue weighted by Gasteiger charge is 2.30. The van der Waals surface area contributed by atoms with Crippen LogP contribution < -0.4 is 10.5 Å². The van der Waals surface area contributed by atoms with Gasteiger partial charge in [0.15, 0.2) is 0 Å². The van der Waals surface area contributed by atoms with Gasteiger partial charge in [0.25, 0.3) is 0 Å². The lowest BCUT2D eigenvalue weighted by atomic mass is 9.73. The van der Waals surface area contributed by atoms with Gasteiger partial charge < -0.3 is 10.5 Å². The number of methoxy groups -OCH3 is 1.